The van der Waals surface area contributed by atoms with Crippen LogP contribution in [0.15, 0.2) is 42.2 Å². The SMILES string of the molecule is C1=CN=C(c2ncncn2)NC=C1. The maximum atomic E-state index is 4.10. The monoisotopic (exact) mass is 173 g/mol. The Morgan fingerprint density at radius 1 is 1.08 bits per heavy atom. The van der Waals surface area contributed by atoms with E-state index in [1.807, 2.05) is 12.2 Å². The van der Waals surface area contributed by atoms with Crippen molar-refractivity contribution in [2.24, 2.45) is 4.99 Å². The molecule has 1 aromatic heterocycles. The van der Waals surface area contributed by atoms with Gasteiger partial charge in [-0.15, -0.1) is 0 Å². The molecular formula is C8H7N5. The molecule has 0 radical (unpaired) electrons. The lowest BCUT2D eigenvalue weighted by atomic mass is 10.5. The zero-order chi connectivity index (χ0) is 8.93. The van der Waals surface area contributed by atoms with Crippen LogP contribution >= 0.6 is 0 Å². The lowest BCUT2D eigenvalue weighted by Gasteiger charge is -2.00. The molecule has 0 spiro atoms. The van der Waals surface area contributed by atoms with Crippen molar-refractivity contribution in [1.29, 1.82) is 0 Å². The molecule has 2 heterocycles. The summed E-state index contributed by atoms with van der Waals surface area (Å²) in [6.07, 6.45) is 9.98. The molecular weight excluding hydrogens is 166 g/mol. The zero-order valence-corrected chi connectivity index (χ0v) is 6.75. The van der Waals surface area contributed by atoms with Crippen molar-refractivity contribution in [3.05, 3.63) is 43.0 Å². The molecule has 5 heteroatoms. The summed E-state index contributed by atoms with van der Waals surface area (Å²) in [6, 6.07) is 0. The molecule has 1 aliphatic heterocycles. The minimum absolute atomic E-state index is 0.534. The van der Waals surface area contributed by atoms with Crippen LogP contribution in [0, 0.1) is 0 Å². The van der Waals surface area contributed by atoms with Gasteiger partial charge in [0.2, 0.25) is 0 Å². The van der Waals surface area contributed by atoms with Crippen LogP contribution in [0.3, 0.4) is 0 Å². The third-order valence-corrected chi connectivity index (χ3v) is 1.42. The van der Waals surface area contributed by atoms with E-state index in [9.17, 15) is 0 Å². The van der Waals surface area contributed by atoms with Gasteiger partial charge in [-0.05, 0) is 12.2 Å². The van der Waals surface area contributed by atoms with Gasteiger partial charge in [0.15, 0.2) is 11.7 Å². The van der Waals surface area contributed by atoms with Gasteiger partial charge in [0.05, 0.1) is 0 Å². The second kappa shape index (κ2) is 3.57. The highest BCUT2D eigenvalue weighted by Crippen LogP contribution is 1.93. The van der Waals surface area contributed by atoms with Gasteiger partial charge in [0, 0.05) is 12.4 Å². The molecule has 0 aliphatic carbocycles. The minimum atomic E-state index is 0.534. The largest absolute Gasteiger partial charge is 0.344 e. The van der Waals surface area contributed by atoms with Crippen LogP contribution in [0.25, 0.3) is 0 Å². The van der Waals surface area contributed by atoms with E-state index in [0.717, 1.165) is 0 Å². The molecule has 0 aromatic carbocycles. The maximum absolute atomic E-state index is 4.10. The lowest BCUT2D eigenvalue weighted by molar-refractivity contribution is 1.01. The summed E-state index contributed by atoms with van der Waals surface area (Å²) in [5, 5.41) is 2.95. The summed E-state index contributed by atoms with van der Waals surface area (Å²) in [5.41, 5.74) is 0. The van der Waals surface area contributed by atoms with Crippen molar-refractivity contribution in [3.8, 4) is 0 Å². The zero-order valence-electron chi connectivity index (χ0n) is 6.75. The second-order valence-electron chi connectivity index (χ2n) is 2.28. The van der Waals surface area contributed by atoms with Crippen molar-refractivity contribution in [3.63, 3.8) is 0 Å². The van der Waals surface area contributed by atoms with Gasteiger partial charge in [-0.25, -0.2) is 19.9 Å². The first-order valence-corrected chi connectivity index (χ1v) is 3.75. The summed E-state index contributed by atoms with van der Waals surface area (Å²) in [4.78, 5) is 15.7. The first-order valence-electron chi connectivity index (χ1n) is 3.75. The van der Waals surface area contributed by atoms with E-state index in [0.29, 0.717) is 11.7 Å². The standard InChI is InChI=1S/C8H7N5/c1-2-4-11-7(10-3-1)8-12-5-9-6-13-8/h1-6H,(H,10,11). The summed E-state index contributed by atoms with van der Waals surface area (Å²) >= 11 is 0. The number of hydrogen-bond acceptors (Lipinski definition) is 5. The van der Waals surface area contributed by atoms with Crippen LogP contribution in [-0.2, 0) is 0 Å². The Morgan fingerprint density at radius 2 is 1.92 bits per heavy atom. The summed E-state index contributed by atoms with van der Waals surface area (Å²) in [7, 11) is 0. The molecule has 0 saturated carbocycles. The van der Waals surface area contributed by atoms with E-state index in [1.54, 1.807) is 12.4 Å². The molecule has 0 saturated heterocycles. The molecule has 1 aliphatic rings. The van der Waals surface area contributed by atoms with E-state index in [1.165, 1.54) is 12.7 Å². The summed E-state index contributed by atoms with van der Waals surface area (Å²) in [5.74, 6) is 1.15. The molecule has 1 N–H and O–H groups in total. The first-order chi connectivity index (χ1) is 6.47. The normalized spacial score (nSPS) is 14.6. The maximum Gasteiger partial charge on any atom is 0.198 e. The summed E-state index contributed by atoms with van der Waals surface area (Å²) < 4.78 is 0. The fourth-order valence-electron chi connectivity index (χ4n) is 0.871. The van der Waals surface area contributed by atoms with E-state index < -0.39 is 0 Å². The van der Waals surface area contributed by atoms with E-state index in [2.05, 4.69) is 25.3 Å². The van der Waals surface area contributed by atoms with Crippen LogP contribution in [-0.4, -0.2) is 20.8 Å². The number of rotatable bonds is 1. The number of nitrogens with zero attached hydrogens (tertiary/aromatic N) is 4. The van der Waals surface area contributed by atoms with Crippen LogP contribution in [0.4, 0.5) is 0 Å². The fraction of sp³-hybridized carbons (Fsp3) is 0. The van der Waals surface area contributed by atoms with Gasteiger partial charge >= 0.3 is 0 Å². The Balaban J connectivity index is 2.32. The lowest BCUT2D eigenvalue weighted by Crippen LogP contribution is -2.20. The van der Waals surface area contributed by atoms with Crippen molar-refractivity contribution in [2.75, 3.05) is 0 Å². The smallest absolute Gasteiger partial charge is 0.198 e. The Hall–Kier alpha value is -2.04. The van der Waals surface area contributed by atoms with E-state index in [4.69, 9.17) is 0 Å². The van der Waals surface area contributed by atoms with Crippen LogP contribution < -0.4 is 5.32 Å². The van der Waals surface area contributed by atoms with Crippen molar-refractivity contribution in [2.45, 2.75) is 0 Å². The van der Waals surface area contributed by atoms with Crippen molar-refractivity contribution >= 4 is 5.84 Å². The highest BCUT2D eigenvalue weighted by molar-refractivity contribution is 5.96. The molecule has 0 bridgehead atoms. The van der Waals surface area contributed by atoms with Crippen molar-refractivity contribution in [1.82, 2.24) is 20.3 Å². The molecule has 0 amide bonds. The molecule has 5 nitrogen and oxygen atoms in total. The van der Waals surface area contributed by atoms with Gasteiger partial charge < -0.3 is 5.32 Å². The Kier molecular flexibility index (Phi) is 2.09. The average Bonchev–Trinajstić information content (AvgIpc) is 2.47. The third-order valence-electron chi connectivity index (χ3n) is 1.42. The van der Waals surface area contributed by atoms with Gasteiger partial charge in [-0.1, -0.05) is 0 Å². The Bertz CT molecular complexity index is 365. The van der Waals surface area contributed by atoms with Crippen LogP contribution in [0.5, 0.6) is 0 Å². The quantitative estimate of drug-likeness (QED) is 0.661. The number of allylic oxidation sites excluding steroid dienone is 2. The molecule has 0 fully saturated rings. The topological polar surface area (TPSA) is 63.1 Å². The van der Waals surface area contributed by atoms with Gasteiger partial charge in [0.25, 0.3) is 0 Å². The number of nitrogens with one attached hydrogen (secondary N) is 1. The predicted octanol–water partition coefficient (Wildman–Crippen LogP) is 0.249. The molecule has 0 unspecified atom stereocenters. The number of aliphatic imine (C=N–C) groups is 1. The second-order valence-corrected chi connectivity index (χ2v) is 2.28. The number of hydrogen-bond donors (Lipinski definition) is 1. The Morgan fingerprint density at radius 3 is 2.77 bits per heavy atom. The summed E-state index contributed by atoms with van der Waals surface area (Å²) in [6.45, 7) is 0. The molecule has 1 aromatic rings. The first kappa shape index (κ1) is 7.60. The van der Waals surface area contributed by atoms with Gasteiger partial charge in [-0.3, -0.25) is 0 Å². The fourth-order valence-corrected chi connectivity index (χ4v) is 0.871. The molecule has 13 heavy (non-hydrogen) atoms. The number of amidine groups is 1. The highest BCUT2D eigenvalue weighted by atomic mass is 15.1. The minimum Gasteiger partial charge on any atom is -0.344 e. The van der Waals surface area contributed by atoms with Crippen LogP contribution in [0.1, 0.15) is 5.82 Å². The Labute approximate surface area is 75.0 Å². The van der Waals surface area contributed by atoms with Crippen LogP contribution in [0.2, 0.25) is 0 Å². The average molecular weight is 173 g/mol. The number of aromatic nitrogens is 3. The predicted molar refractivity (Wildman–Crippen MR) is 47.8 cm³/mol. The molecule has 0 atom stereocenters. The van der Waals surface area contributed by atoms with Crippen molar-refractivity contribution < 1.29 is 0 Å². The van der Waals surface area contributed by atoms with E-state index in [-0.39, 0.29) is 0 Å². The van der Waals surface area contributed by atoms with Gasteiger partial charge in [-0.2, -0.15) is 0 Å². The van der Waals surface area contributed by atoms with Gasteiger partial charge in [0.1, 0.15) is 12.7 Å². The highest BCUT2D eigenvalue weighted by Gasteiger charge is 2.03. The molecule has 2 rings (SSSR count). The van der Waals surface area contributed by atoms with E-state index >= 15 is 0 Å². The molecule has 64 valence electrons. The third kappa shape index (κ3) is 1.76.